The van der Waals surface area contributed by atoms with E-state index in [4.69, 9.17) is 0 Å². The molecule has 1 rings (SSSR count). The number of likely N-dealkylation sites (tertiary alicyclic amines) is 1. The summed E-state index contributed by atoms with van der Waals surface area (Å²) in [7, 11) is 1.86. The van der Waals surface area contributed by atoms with Crippen LogP contribution in [-0.4, -0.2) is 49.9 Å². The van der Waals surface area contributed by atoms with Crippen molar-refractivity contribution in [2.75, 3.05) is 33.2 Å². The largest absolute Gasteiger partial charge is 0.355 e. The number of carbonyl (C=O) groups is 2. The van der Waals surface area contributed by atoms with Crippen molar-refractivity contribution in [2.24, 2.45) is 11.3 Å². The Bertz CT molecular complexity index is 323. The summed E-state index contributed by atoms with van der Waals surface area (Å²) < 4.78 is 0. The summed E-state index contributed by atoms with van der Waals surface area (Å²) in [6.45, 7) is 8.50. The van der Waals surface area contributed by atoms with Crippen molar-refractivity contribution in [1.82, 2.24) is 15.5 Å². The molecule has 1 fully saturated rings. The fourth-order valence-corrected chi connectivity index (χ4v) is 2.30. The van der Waals surface area contributed by atoms with Gasteiger partial charge < -0.3 is 15.5 Å². The molecule has 1 heterocycles. The maximum absolute atomic E-state index is 12.2. The highest BCUT2D eigenvalue weighted by atomic mass is 16.2. The molecule has 0 spiro atoms. The monoisotopic (exact) mass is 269 g/mol. The number of nitrogens with one attached hydrogen (secondary N) is 2. The molecule has 1 aliphatic rings. The van der Waals surface area contributed by atoms with Crippen molar-refractivity contribution in [3.05, 3.63) is 0 Å². The molecule has 0 saturated carbocycles. The van der Waals surface area contributed by atoms with Crippen LogP contribution in [0.25, 0.3) is 0 Å². The molecule has 1 unspecified atom stereocenters. The van der Waals surface area contributed by atoms with E-state index in [0.29, 0.717) is 13.1 Å². The van der Waals surface area contributed by atoms with E-state index in [1.807, 2.05) is 32.7 Å². The number of likely N-dealkylation sites (N-methyl/N-ethyl adjacent to an activating group) is 1. The molecule has 1 atom stereocenters. The van der Waals surface area contributed by atoms with Gasteiger partial charge in [0.2, 0.25) is 11.8 Å². The summed E-state index contributed by atoms with van der Waals surface area (Å²) in [4.78, 5) is 26.1. The lowest BCUT2D eigenvalue weighted by Gasteiger charge is -2.35. The van der Waals surface area contributed by atoms with Gasteiger partial charge in [0, 0.05) is 31.6 Å². The number of nitrogens with zero attached hydrogens (tertiary/aromatic N) is 1. The van der Waals surface area contributed by atoms with Crippen LogP contribution in [0.5, 0.6) is 0 Å². The highest BCUT2D eigenvalue weighted by Gasteiger charge is 2.33. The Morgan fingerprint density at radius 1 is 1.26 bits per heavy atom. The van der Waals surface area contributed by atoms with Crippen LogP contribution in [0.2, 0.25) is 0 Å². The van der Waals surface area contributed by atoms with Crippen LogP contribution >= 0.6 is 0 Å². The van der Waals surface area contributed by atoms with Crippen LogP contribution in [0.3, 0.4) is 0 Å². The second-order valence-electron chi connectivity index (χ2n) is 6.23. The van der Waals surface area contributed by atoms with E-state index in [-0.39, 0.29) is 23.1 Å². The van der Waals surface area contributed by atoms with Gasteiger partial charge in [-0.1, -0.05) is 20.8 Å². The van der Waals surface area contributed by atoms with E-state index in [2.05, 4.69) is 10.6 Å². The maximum atomic E-state index is 12.2. The van der Waals surface area contributed by atoms with Crippen LogP contribution < -0.4 is 10.6 Å². The van der Waals surface area contributed by atoms with E-state index in [9.17, 15) is 9.59 Å². The van der Waals surface area contributed by atoms with Gasteiger partial charge in [0.25, 0.3) is 0 Å². The van der Waals surface area contributed by atoms with Crippen LogP contribution in [0.1, 0.15) is 33.6 Å². The fourth-order valence-electron chi connectivity index (χ4n) is 2.30. The van der Waals surface area contributed by atoms with E-state index >= 15 is 0 Å². The van der Waals surface area contributed by atoms with Crippen molar-refractivity contribution in [3.63, 3.8) is 0 Å². The standard InChI is InChI=1S/C14H27N3O2/c1-14(2,3)13(19)17-9-5-6-11(10-17)12(18)16-8-7-15-4/h11,15H,5-10H2,1-4H3,(H,16,18). The minimum Gasteiger partial charge on any atom is -0.355 e. The lowest BCUT2D eigenvalue weighted by Crippen LogP contribution is -2.49. The van der Waals surface area contributed by atoms with Crippen molar-refractivity contribution in [3.8, 4) is 0 Å². The van der Waals surface area contributed by atoms with Crippen molar-refractivity contribution >= 4 is 11.8 Å². The highest BCUT2D eigenvalue weighted by molar-refractivity contribution is 5.83. The SMILES string of the molecule is CNCCNC(=O)C1CCCN(C(=O)C(C)(C)C)C1. The summed E-state index contributed by atoms with van der Waals surface area (Å²) >= 11 is 0. The second-order valence-corrected chi connectivity index (χ2v) is 6.23. The van der Waals surface area contributed by atoms with Crippen molar-refractivity contribution in [2.45, 2.75) is 33.6 Å². The normalized spacial score (nSPS) is 20.2. The van der Waals surface area contributed by atoms with E-state index < -0.39 is 0 Å². The maximum Gasteiger partial charge on any atom is 0.227 e. The summed E-state index contributed by atoms with van der Waals surface area (Å²) in [5.41, 5.74) is -0.371. The third-order valence-corrected chi connectivity index (χ3v) is 3.40. The smallest absolute Gasteiger partial charge is 0.227 e. The molecule has 0 bridgehead atoms. The van der Waals surface area contributed by atoms with Gasteiger partial charge in [-0.15, -0.1) is 0 Å². The third-order valence-electron chi connectivity index (χ3n) is 3.40. The Hall–Kier alpha value is -1.10. The van der Waals surface area contributed by atoms with Gasteiger partial charge >= 0.3 is 0 Å². The predicted octanol–water partition coefficient (Wildman–Crippen LogP) is 0.607. The molecule has 0 aliphatic carbocycles. The van der Waals surface area contributed by atoms with Gasteiger partial charge in [-0.2, -0.15) is 0 Å². The average molecular weight is 269 g/mol. The first kappa shape index (κ1) is 16.0. The number of piperidine rings is 1. The summed E-state index contributed by atoms with van der Waals surface area (Å²) in [6.07, 6.45) is 1.78. The zero-order valence-corrected chi connectivity index (χ0v) is 12.6. The number of amides is 2. The summed E-state index contributed by atoms with van der Waals surface area (Å²) in [5.74, 6) is 0.152. The number of hydrogen-bond acceptors (Lipinski definition) is 3. The van der Waals surface area contributed by atoms with Gasteiger partial charge in [0.15, 0.2) is 0 Å². The molecule has 0 aromatic carbocycles. The molecule has 2 N–H and O–H groups in total. The third kappa shape index (κ3) is 4.82. The molecule has 1 aliphatic heterocycles. The van der Waals surface area contributed by atoms with E-state index in [0.717, 1.165) is 25.9 Å². The number of hydrogen-bond donors (Lipinski definition) is 2. The van der Waals surface area contributed by atoms with Crippen LogP contribution in [0.15, 0.2) is 0 Å². The predicted molar refractivity (Wildman–Crippen MR) is 75.7 cm³/mol. The van der Waals surface area contributed by atoms with Gasteiger partial charge in [-0.3, -0.25) is 9.59 Å². The first-order valence-corrected chi connectivity index (χ1v) is 7.08. The van der Waals surface area contributed by atoms with Crippen molar-refractivity contribution < 1.29 is 9.59 Å². The first-order valence-electron chi connectivity index (χ1n) is 7.08. The fraction of sp³-hybridized carbons (Fsp3) is 0.857. The molecule has 0 radical (unpaired) electrons. The second kappa shape index (κ2) is 6.89. The molecule has 110 valence electrons. The molecule has 5 nitrogen and oxygen atoms in total. The Morgan fingerprint density at radius 2 is 1.95 bits per heavy atom. The van der Waals surface area contributed by atoms with E-state index in [1.165, 1.54) is 0 Å². The molecule has 19 heavy (non-hydrogen) atoms. The lowest BCUT2D eigenvalue weighted by atomic mass is 9.91. The average Bonchev–Trinajstić information content (AvgIpc) is 2.37. The Kier molecular flexibility index (Phi) is 5.79. The van der Waals surface area contributed by atoms with Crippen LogP contribution in [-0.2, 0) is 9.59 Å². The number of carbonyl (C=O) groups excluding carboxylic acids is 2. The minimum absolute atomic E-state index is 0.0584. The van der Waals surface area contributed by atoms with Gasteiger partial charge in [0.05, 0.1) is 5.92 Å². The molecule has 0 aromatic rings. The molecule has 1 saturated heterocycles. The zero-order valence-electron chi connectivity index (χ0n) is 12.6. The zero-order chi connectivity index (χ0) is 14.5. The van der Waals surface area contributed by atoms with Gasteiger partial charge in [-0.05, 0) is 19.9 Å². The van der Waals surface area contributed by atoms with Crippen LogP contribution in [0, 0.1) is 11.3 Å². The molecule has 0 aromatic heterocycles. The summed E-state index contributed by atoms with van der Waals surface area (Å²) in [5, 5.41) is 5.91. The number of rotatable bonds is 4. The molecule has 2 amide bonds. The summed E-state index contributed by atoms with van der Waals surface area (Å²) in [6, 6.07) is 0. The van der Waals surface area contributed by atoms with E-state index in [1.54, 1.807) is 0 Å². The van der Waals surface area contributed by atoms with Crippen molar-refractivity contribution in [1.29, 1.82) is 0 Å². The van der Waals surface area contributed by atoms with Crippen LogP contribution in [0.4, 0.5) is 0 Å². The Balaban J connectivity index is 2.50. The van der Waals surface area contributed by atoms with Gasteiger partial charge in [-0.25, -0.2) is 0 Å². The quantitative estimate of drug-likeness (QED) is 0.735. The molecular formula is C14H27N3O2. The first-order chi connectivity index (χ1) is 8.86. The molecular weight excluding hydrogens is 242 g/mol. The minimum atomic E-state index is -0.371. The molecule has 5 heteroatoms. The Labute approximate surface area is 116 Å². The topological polar surface area (TPSA) is 61.4 Å². The lowest BCUT2D eigenvalue weighted by molar-refractivity contribution is -0.142. The highest BCUT2D eigenvalue weighted by Crippen LogP contribution is 2.23. The Morgan fingerprint density at radius 3 is 2.53 bits per heavy atom. The van der Waals surface area contributed by atoms with Gasteiger partial charge in [0.1, 0.15) is 0 Å².